The van der Waals surface area contributed by atoms with E-state index in [1.165, 1.54) is 12.1 Å². The second-order valence-electron chi connectivity index (χ2n) is 2.00. The number of hydrogen-bond donors (Lipinski definition) is 2. The minimum Gasteiger partial charge on any atom is -0.506 e. The van der Waals surface area contributed by atoms with Crippen LogP contribution in [0.3, 0.4) is 0 Å². The van der Waals surface area contributed by atoms with Crippen molar-refractivity contribution in [2.75, 3.05) is 5.73 Å². The minimum absolute atomic E-state index is 0. The topological polar surface area (TPSA) is 89.4 Å². The summed E-state index contributed by atoms with van der Waals surface area (Å²) in [5.74, 6) is -0.143. The summed E-state index contributed by atoms with van der Waals surface area (Å²) >= 11 is 0. The summed E-state index contributed by atoms with van der Waals surface area (Å²) in [5, 5.41) is 19.0. The molecule has 5 nitrogen and oxygen atoms in total. The number of aromatic hydroxyl groups is 1. The van der Waals surface area contributed by atoms with Gasteiger partial charge < -0.3 is 10.8 Å². The Labute approximate surface area is 111 Å². The van der Waals surface area contributed by atoms with E-state index in [4.69, 9.17) is 10.8 Å². The van der Waals surface area contributed by atoms with E-state index in [1.54, 1.807) is 0 Å². The molecule has 0 saturated carbocycles. The summed E-state index contributed by atoms with van der Waals surface area (Å²) in [7, 11) is 0. The van der Waals surface area contributed by atoms with Crippen molar-refractivity contribution in [2.24, 2.45) is 0 Å². The zero-order valence-corrected chi connectivity index (χ0v) is 9.64. The van der Waals surface area contributed by atoms with Crippen molar-refractivity contribution in [3.63, 3.8) is 0 Å². The molecule has 0 atom stereocenters. The summed E-state index contributed by atoms with van der Waals surface area (Å²) < 4.78 is 0. The second-order valence-corrected chi connectivity index (χ2v) is 2.00. The Kier molecular flexibility index (Phi) is 4.72. The van der Waals surface area contributed by atoms with Gasteiger partial charge in [0.15, 0.2) is 0 Å². The van der Waals surface area contributed by atoms with Crippen LogP contribution in [0.15, 0.2) is 18.2 Å². The van der Waals surface area contributed by atoms with E-state index in [-0.39, 0.29) is 68.5 Å². The number of anilines is 1. The van der Waals surface area contributed by atoms with Gasteiger partial charge in [0.2, 0.25) is 0 Å². The van der Waals surface area contributed by atoms with Crippen LogP contribution in [0.1, 0.15) is 0 Å². The van der Waals surface area contributed by atoms with E-state index >= 15 is 0 Å². The third kappa shape index (κ3) is 2.72. The Bertz CT molecular complexity index is 303. The van der Waals surface area contributed by atoms with Gasteiger partial charge in [0.25, 0.3) is 5.69 Å². The first-order valence-electron chi connectivity index (χ1n) is 2.84. The van der Waals surface area contributed by atoms with Gasteiger partial charge >= 0.3 is 0 Å². The number of rotatable bonds is 1. The van der Waals surface area contributed by atoms with Crippen LogP contribution in [0, 0.1) is 10.1 Å². The van der Waals surface area contributed by atoms with Crippen molar-refractivity contribution in [3.8, 4) is 5.75 Å². The van der Waals surface area contributed by atoms with E-state index < -0.39 is 4.92 Å². The number of phenolic OH excluding ortho intramolecular Hbond substituents is 1. The van der Waals surface area contributed by atoms with Gasteiger partial charge in [-0.3, -0.25) is 10.1 Å². The van der Waals surface area contributed by atoms with Crippen LogP contribution in [-0.4, -0.2) is 61.4 Å². The summed E-state index contributed by atoms with van der Waals surface area (Å²) in [5.41, 5.74) is 5.09. The number of nitrogens with zero attached hydrogens (tertiary/aromatic N) is 1. The molecule has 6 heteroatoms. The van der Waals surface area contributed by atoms with Crippen molar-refractivity contribution in [1.29, 1.82) is 0 Å². The Balaban J connectivity index is 0.00000121. The fourth-order valence-corrected chi connectivity index (χ4v) is 0.655. The van der Waals surface area contributed by atoms with Crippen LogP contribution in [-0.2, 0) is 0 Å². The zero-order valence-electron chi connectivity index (χ0n) is 6.52. The van der Waals surface area contributed by atoms with Crippen molar-refractivity contribution >= 4 is 62.8 Å². The molecule has 0 heterocycles. The number of phenols is 1. The maximum atomic E-state index is 10.1. The summed E-state index contributed by atoms with van der Waals surface area (Å²) in [6.45, 7) is 0. The number of nitrogens with two attached hydrogens (primary N) is 1. The molecule has 0 fully saturated rings. The first-order chi connectivity index (χ1) is 5.11. The second kappa shape index (κ2) is 4.78. The molecule has 59 valence electrons. The molecule has 1 aromatic rings. The minimum atomic E-state index is -0.574. The summed E-state index contributed by atoms with van der Waals surface area (Å²) in [4.78, 5) is 9.56. The van der Waals surface area contributed by atoms with Gasteiger partial charge in [-0.1, -0.05) is 0 Å². The third-order valence-electron chi connectivity index (χ3n) is 1.22. The van der Waals surface area contributed by atoms with Crippen molar-refractivity contribution in [2.45, 2.75) is 0 Å². The van der Waals surface area contributed by atoms with E-state index in [0.717, 1.165) is 6.07 Å². The van der Waals surface area contributed by atoms with Gasteiger partial charge in [0.1, 0.15) is 5.75 Å². The normalized spacial score (nSPS) is 8.67. The number of nitro benzene ring substituents is 1. The molecule has 0 unspecified atom stereocenters. The molecule has 12 heavy (non-hydrogen) atoms. The monoisotopic (exact) mass is 193 g/mol. The van der Waals surface area contributed by atoms with Gasteiger partial charge in [0.05, 0.1) is 10.6 Å². The van der Waals surface area contributed by atoms with Crippen molar-refractivity contribution in [1.82, 2.24) is 0 Å². The molecule has 0 aliphatic rings. The maximum absolute atomic E-state index is 10.1. The average Bonchev–Trinajstić information content (AvgIpc) is 1.94. The predicted octanol–water partition coefficient (Wildman–Crippen LogP) is 0.502. The molecule has 0 aliphatic carbocycles. The molecule has 1 rings (SSSR count). The van der Waals surface area contributed by atoms with E-state index in [2.05, 4.69) is 0 Å². The molecule has 1 radical (unpaired) electrons. The first-order valence-corrected chi connectivity index (χ1v) is 2.84. The number of nitro groups is 1. The number of nitrogen functional groups attached to an aromatic ring is 1. The van der Waals surface area contributed by atoms with E-state index in [0.29, 0.717) is 0 Å². The molecule has 0 amide bonds. The van der Waals surface area contributed by atoms with Crippen LogP contribution in [0.4, 0.5) is 11.4 Å². The molecule has 0 aliphatic heterocycles. The quantitative estimate of drug-likeness (QED) is 0.223. The SMILES string of the molecule is Nc1cc([N+](=O)[O-])ccc1O.[K]. The predicted molar refractivity (Wildman–Crippen MR) is 44.9 cm³/mol. The van der Waals surface area contributed by atoms with Gasteiger partial charge in [-0.2, -0.15) is 0 Å². The average molecular weight is 193 g/mol. The first kappa shape index (κ1) is 11.9. The third-order valence-corrected chi connectivity index (χ3v) is 1.22. The standard InChI is InChI=1S/C6H6N2O3.K/c7-5-3-4(8(10)11)1-2-6(5)9;/h1-3,9H,7H2;. The Hall–Kier alpha value is -0.144. The van der Waals surface area contributed by atoms with Crippen molar-refractivity contribution < 1.29 is 10.0 Å². The fraction of sp³-hybridized carbons (Fsp3) is 0. The van der Waals surface area contributed by atoms with Gasteiger partial charge in [-0.15, -0.1) is 0 Å². The Morgan fingerprint density at radius 2 is 2.08 bits per heavy atom. The molecule has 0 saturated heterocycles. The fourth-order valence-electron chi connectivity index (χ4n) is 0.655. The Morgan fingerprint density at radius 1 is 1.50 bits per heavy atom. The molecule has 0 bridgehead atoms. The molecule has 3 N–H and O–H groups in total. The maximum Gasteiger partial charge on any atom is 0.271 e. The summed E-state index contributed by atoms with van der Waals surface area (Å²) in [6, 6.07) is 3.48. The molecular weight excluding hydrogens is 187 g/mol. The number of hydrogen-bond acceptors (Lipinski definition) is 4. The van der Waals surface area contributed by atoms with Crippen LogP contribution in [0.2, 0.25) is 0 Å². The largest absolute Gasteiger partial charge is 0.506 e. The van der Waals surface area contributed by atoms with Crippen LogP contribution >= 0.6 is 0 Å². The van der Waals surface area contributed by atoms with E-state index in [1.807, 2.05) is 0 Å². The zero-order chi connectivity index (χ0) is 8.43. The van der Waals surface area contributed by atoms with Gasteiger partial charge in [-0.25, -0.2) is 0 Å². The van der Waals surface area contributed by atoms with Gasteiger partial charge in [-0.05, 0) is 6.07 Å². The van der Waals surface area contributed by atoms with Crippen molar-refractivity contribution in [3.05, 3.63) is 28.3 Å². The smallest absolute Gasteiger partial charge is 0.271 e. The Morgan fingerprint density at radius 3 is 2.50 bits per heavy atom. The molecule has 0 aromatic heterocycles. The number of non-ortho nitro benzene ring substituents is 1. The van der Waals surface area contributed by atoms with Crippen LogP contribution in [0.5, 0.6) is 5.75 Å². The van der Waals surface area contributed by atoms with Gasteiger partial charge in [0, 0.05) is 63.5 Å². The molecule has 1 aromatic carbocycles. The number of benzene rings is 1. The van der Waals surface area contributed by atoms with E-state index in [9.17, 15) is 10.1 Å². The van der Waals surface area contributed by atoms with Crippen LogP contribution < -0.4 is 5.73 Å². The summed E-state index contributed by atoms with van der Waals surface area (Å²) in [6.07, 6.45) is 0. The molecular formula is C6H6KN2O3. The van der Waals surface area contributed by atoms with Crippen LogP contribution in [0.25, 0.3) is 0 Å². The molecule has 0 spiro atoms.